The van der Waals surface area contributed by atoms with Crippen LogP contribution in [-0.4, -0.2) is 4.57 Å². The topological polar surface area (TPSA) is 8.81 Å². The summed E-state index contributed by atoms with van der Waals surface area (Å²) >= 11 is 0. The molecule has 1 aromatic heterocycles. The fourth-order valence-electron chi connectivity index (χ4n) is 2.21. The van der Waals surface area contributed by atoms with Crippen molar-refractivity contribution < 1.29 is 28.5 Å². The van der Waals surface area contributed by atoms with Gasteiger partial charge in [-0.3, -0.25) is 0 Å². The molecule has 0 N–H and O–H groups in total. The van der Waals surface area contributed by atoms with E-state index in [1.165, 1.54) is 31.5 Å². The van der Waals surface area contributed by atoms with E-state index in [-0.39, 0.29) is 24.0 Å². The average molecular weight is 292 g/mol. The van der Waals surface area contributed by atoms with Gasteiger partial charge in [-0.15, -0.1) is 0 Å². The number of fused-ring (bicyclic) bond motifs is 1. The summed E-state index contributed by atoms with van der Waals surface area (Å²) in [6.45, 7) is 2.19. The first-order valence-electron chi connectivity index (χ1n) is 4.75. The summed E-state index contributed by atoms with van der Waals surface area (Å²) in [5.41, 5.74) is 3.11. The molecule has 0 atom stereocenters. The quantitative estimate of drug-likeness (QED) is 0.388. The number of hydrogen-bond donors (Lipinski definition) is 0. The van der Waals surface area contributed by atoms with Gasteiger partial charge in [0.2, 0.25) is 0 Å². The van der Waals surface area contributed by atoms with E-state index in [0.29, 0.717) is 0 Å². The van der Waals surface area contributed by atoms with Crippen molar-refractivity contribution in [1.29, 1.82) is 0 Å². The maximum absolute atomic E-state index is 2.34. The lowest BCUT2D eigenvalue weighted by atomic mass is 10.0. The number of nitrogens with zero attached hydrogens (tertiary/aromatic N) is 2. The van der Waals surface area contributed by atoms with E-state index in [2.05, 4.69) is 30.2 Å². The van der Waals surface area contributed by atoms with Crippen molar-refractivity contribution in [2.45, 2.75) is 32.6 Å². The van der Waals surface area contributed by atoms with Crippen LogP contribution in [0.3, 0.4) is 0 Å². The molecule has 1 heterocycles. The molecule has 1 aliphatic rings. The molecule has 2 rings (SSSR count). The third-order valence-corrected chi connectivity index (χ3v) is 3.19. The lowest BCUT2D eigenvalue weighted by Gasteiger charge is -2.07. The number of halogens is 1. The van der Waals surface area contributed by atoms with Crippen molar-refractivity contribution in [3.05, 3.63) is 17.2 Å². The molecule has 0 amide bonds. The van der Waals surface area contributed by atoms with Crippen LogP contribution >= 0.6 is 0 Å². The Morgan fingerprint density at radius 1 is 1.23 bits per heavy atom. The molecule has 1 aliphatic carbocycles. The second kappa shape index (κ2) is 3.98. The summed E-state index contributed by atoms with van der Waals surface area (Å²) in [4.78, 5) is 0. The van der Waals surface area contributed by atoms with Gasteiger partial charge in [0.15, 0.2) is 0 Å². The highest BCUT2D eigenvalue weighted by molar-refractivity contribution is 5.13. The number of aromatic nitrogens is 2. The zero-order valence-electron chi connectivity index (χ0n) is 8.60. The van der Waals surface area contributed by atoms with Crippen molar-refractivity contribution in [2.75, 3.05) is 0 Å². The van der Waals surface area contributed by atoms with Gasteiger partial charge < -0.3 is 24.0 Å². The van der Waals surface area contributed by atoms with Crippen LogP contribution in [0.5, 0.6) is 0 Å². The van der Waals surface area contributed by atoms with Crippen LogP contribution in [-0.2, 0) is 26.9 Å². The Labute approximate surface area is 97.0 Å². The van der Waals surface area contributed by atoms with E-state index in [4.69, 9.17) is 0 Å². The third-order valence-electron chi connectivity index (χ3n) is 3.19. The van der Waals surface area contributed by atoms with Crippen LogP contribution in [0.4, 0.5) is 0 Å². The van der Waals surface area contributed by atoms with Gasteiger partial charge in [-0.05, 0) is 12.8 Å². The number of rotatable bonds is 0. The first-order chi connectivity index (χ1) is 5.72. The van der Waals surface area contributed by atoms with Crippen LogP contribution in [0.1, 0.15) is 30.1 Å². The predicted octanol–water partition coefficient (Wildman–Crippen LogP) is -1.96. The van der Waals surface area contributed by atoms with E-state index in [0.717, 1.165) is 0 Å². The SMILES string of the molecule is Cc1n(C)c2c([n+]1C)CCCC2.[I-]. The average Bonchev–Trinajstić information content (AvgIpc) is 2.33. The van der Waals surface area contributed by atoms with Crippen LogP contribution < -0.4 is 28.5 Å². The Morgan fingerprint density at radius 2 is 1.85 bits per heavy atom. The maximum Gasteiger partial charge on any atom is 0.253 e. The highest BCUT2D eigenvalue weighted by Gasteiger charge is 2.25. The summed E-state index contributed by atoms with van der Waals surface area (Å²) in [5.74, 6) is 1.38. The molecule has 74 valence electrons. The molecule has 0 saturated heterocycles. The van der Waals surface area contributed by atoms with Crippen LogP contribution in [0.15, 0.2) is 0 Å². The Balaban J connectivity index is 0.000000845. The lowest BCUT2D eigenvalue weighted by Crippen LogP contribution is -3.00. The Hall–Kier alpha value is -0.0600. The van der Waals surface area contributed by atoms with E-state index in [1.54, 1.807) is 11.4 Å². The minimum Gasteiger partial charge on any atom is -1.00 e. The fourth-order valence-corrected chi connectivity index (χ4v) is 2.21. The molecule has 2 nitrogen and oxygen atoms in total. The second-order valence-electron chi connectivity index (χ2n) is 3.77. The van der Waals surface area contributed by atoms with Crippen molar-refractivity contribution in [3.8, 4) is 0 Å². The van der Waals surface area contributed by atoms with E-state index >= 15 is 0 Å². The van der Waals surface area contributed by atoms with Crippen molar-refractivity contribution in [3.63, 3.8) is 0 Å². The largest absolute Gasteiger partial charge is 1.00 e. The summed E-state index contributed by atoms with van der Waals surface area (Å²) in [6.07, 6.45) is 5.27. The molecule has 0 radical (unpaired) electrons. The Morgan fingerprint density at radius 3 is 2.46 bits per heavy atom. The van der Waals surface area contributed by atoms with Gasteiger partial charge >= 0.3 is 0 Å². The zero-order chi connectivity index (χ0) is 8.72. The standard InChI is InChI=1S/C10H17N2.HI/c1-8-11(2)9-6-4-5-7-10(9)12(8)3;/h4-7H2,1-3H3;1H/q+1;/p-1. The summed E-state index contributed by atoms with van der Waals surface area (Å²) in [5, 5.41) is 0. The van der Waals surface area contributed by atoms with Gasteiger partial charge in [-0.25, -0.2) is 9.13 Å². The molecular formula is C10H17IN2. The molecule has 0 spiro atoms. The van der Waals surface area contributed by atoms with Crippen molar-refractivity contribution in [1.82, 2.24) is 4.57 Å². The molecule has 0 unspecified atom stereocenters. The smallest absolute Gasteiger partial charge is 0.253 e. The van der Waals surface area contributed by atoms with E-state index < -0.39 is 0 Å². The van der Waals surface area contributed by atoms with Crippen LogP contribution in [0.2, 0.25) is 0 Å². The van der Waals surface area contributed by atoms with Gasteiger partial charge in [-0.2, -0.15) is 0 Å². The summed E-state index contributed by atoms with van der Waals surface area (Å²) < 4.78 is 4.68. The molecule has 3 heteroatoms. The summed E-state index contributed by atoms with van der Waals surface area (Å²) in [7, 11) is 4.36. The van der Waals surface area contributed by atoms with E-state index in [1.807, 2.05) is 0 Å². The van der Waals surface area contributed by atoms with Gasteiger partial charge in [-0.1, -0.05) is 0 Å². The predicted molar refractivity (Wildman–Crippen MR) is 48.0 cm³/mol. The van der Waals surface area contributed by atoms with Crippen molar-refractivity contribution >= 4 is 0 Å². The number of hydrogen-bond acceptors (Lipinski definition) is 0. The van der Waals surface area contributed by atoms with E-state index in [9.17, 15) is 0 Å². The normalized spacial score (nSPS) is 15.0. The molecule has 0 aliphatic heterocycles. The highest BCUT2D eigenvalue weighted by Crippen LogP contribution is 2.18. The lowest BCUT2D eigenvalue weighted by molar-refractivity contribution is -0.684. The van der Waals surface area contributed by atoms with Crippen LogP contribution in [0, 0.1) is 6.92 Å². The van der Waals surface area contributed by atoms with Gasteiger partial charge in [0.05, 0.1) is 14.1 Å². The Bertz CT molecular complexity index is 286. The highest BCUT2D eigenvalue weighted by atomic mass is 127. The summed E-state index contributed by atoms with van der Waals surface area (Å²) in [6, 6.07) is 0. The first kappa shape index (κ1) is 11.0. The third kappa shape index (κ3) is 1.63. The molecule has 0 fully saturated rings. The molecule has 1 aromatic rings. The molecule has 0 aromatic carbocycles. The van der Waals surface area contributed by atoms with Crippen molar-refractivity contribution in [2.24, 2.45) is 14.1 Å². The minimum absolute atomic E-state index is 0. The fraction of sp³-hybridized carbons (Fsp3) is 0.700. The van der Waals surface area contributed by atoms with Gasteiger partial charge in [0.1, 0.15) is 11.4 Å². The first-order valence-corrected chi connectivity index (χ1v) is 4.75. The molecular weight excluding hydrogens is 275 g/mol. The molecule has 13 heavy (non-hydrogen) atoms. The number of imidazole rings is 1. The second-order valence-corrected chi connectivity index (χ2v) is 3.77. The molecule has 0 saturated carbocycles. The Kier molecular flexibility index (Phi) is 3.38. The van der Waals surface area contributed by atoms with Gasteiger partial charge in [0, 0.05) is 19.8 Å². The molecule has 0 bridgehead atoms. The minimum atomic E-state index is 0. The maximum atomic E-state index is 2.34. The van der Waals surface area contributed by atoms with Crippen LogP contribution in [0.25, 0.3) is 0 Å². The zero-order valence-corrected chi connectivity index (χ0v) is 10.8. The monoisotopic (exact) mass is 292 g/mol. The van der Waals surface area contributed by atoms with Gasteiger partial charge in [0.25, 0.3) is 5.82 Å².